The van der Waals surface area contributed by atoms with Crippen molar-refractivity contribution in [3.63, 3.8) is 0 Å². The van der Waals surface area contributed by atoms with Crippen LogP contribution in [0.2, 0.25) is 0 Å². The lowest BCUT2D eigenvalue weighted by Gasteiger charge is -2.30. The van der Waals surface area contributed by atoms with Crippen LogP contribution in [0.1, 0.15) is 77.6 Å². The van der Waals surface area contributed by atoms with E-state index < -0.39 is 5.97 Å². The molecule has 26 heavy (non-hydrogen) atoms. The van der Waals surface area contributed by atoms with Crippen molar-refractivity contribution in [1.82, 2.24) is 5.32 Å². The molecule has 1 amide bonds. The van der Waals surface area contributed by atoms with Crippen LogP contribution in [0, 0.1) is 0 Å². The first-order chi connectivity index (χ1) is 12.4. The van der Waals surface area contributed by atoms with Crippen molar-refractivity contribution in [1.29, 1.82) is 0 Å². The van der Waals surface area contributed by atoms with Crippen molar-refractivity contribution < 1.29 is 19.2 Å². The van der Waals surface area contributed by atoms with Crippen LogP contribution in [0.15, 0.2) is 12.2 Å². The molecular weight excluding hydrogens is 328 g/mol. The van der Waals surface area contributed by atoms with E-state index in [2.05, 4.69) is 24.4 Å². The first-order valence-corrected chi connectivity index (χ1v) is 10.3. The summed E-state index contributed by atoms with van der Waals surface area (Å²) < 4.78 is 0.381. The third-order valence-electron chi connectivity index (χ3n) is 4.49. The zero-order chi connectivity index (χ0) is 19.7. The second-order valence-corrected chi connectivity index (χ2v) is 7.81. The number of carbonyl (C=O) groups is 2. The van der Waals surface area contributed by atoms with Gasteiger partial charge in [0.25, 0.3) is 0 Å². The number of amides is 1. The van der Waals surface area contributed by atoms with Gasteiger partial charge in [-0.15, -0.1) is 0 Å². The minimum absolute atomic E-state index is 0.00246. The van der Waals surface area contributed by atoms with Gasteiger partial charge in [0.1, 0.15) is 6.54 Å². The van der Waals surface area contributed by atoms with Gasteiger partial charge in [0.2, 0.25) is 5.91 Å². The first kappa shape index (κ1) is 24.6. The Kier molecular flexibility index (Phi) is 15.0. The summed E-state index contributed by atoms with van der Waals surface area (Å²) >= 11 is 0. The highest BCUT2D eigenvalue weighted by Crippen LogP contribution is 2.08. The molecule has 0 aromatic heterocycles. The summed E-state index contributed by atoms with van der Waals surface area (Å²) in [5, 5.41) is 13.6. The number of hydrogen-bond acceptors (Lipinski definition) is 3. The van der Waals surface area contributed by atoms with Crippen LogP contribution >= 0.6 is 0 Å². The average molecular weight is 369 g/mol. The van der Waals surface area contributed by atoms with E-state index in [1.807, 2.05) is 14.1 Å². The van der Waals surface area contributed by atoms with Gasteiger partial charge in [-0.05, 0) is 25.7 Å². The Labute approximate surface area is 160 Å². The number of likely N-dealkylation sites (N-methyl/N-ethyl adjacent to an activating group) is 1. The Morgan fingerprint density at radius 1 is 0.923 bits per heavy atom. The normalized spacial score (nSPS) is 11.8. The summed E-state index contributed by atoms with van der Waals surface area (Å²) in [6, 6.07) is 0. The number of allylic oxidation sites excluding steroid dienone is 2. The monoisotopic (exact) mass is 368 g/mol. The quantitative estimate of drug-likeness (QED) is 0.244. The van der Waals surface area contributed by atoms with E-state index in [-0.39, 0.29) is 12.5 Å². The van der Waals surface area contributed by atoms with Crippen molar-refractivity contribution in [2.24, 2.45) is 0 Å². The summed E-state index contributed by atoms with van der Waals surface area (Å²) in [6.45, 7) is 3.54. The van der Waals surface area contributed by atoms with Crippen LogP contribution in [0.5, 0.6) is 0 Å². The minimum atomic E-state index is -1.04. The number of carbonyl (C=O) groups excluding carboxylic acids is 2. The summed E-state index contributed by atoms with van der Waals surface area (Å²) in [7, 11) is 3.72. The molecule has 5 nitrogen and oxygen atoms in total. The van der Waals surface area contributed by atoms with Gasteiger partial charge in [-0.2, -0.15) is 0 Å². The molecule has 0 fully saturated rings. The summed E-state index contributed by atoms with van der Waals surface area (Å²) in [5.74, 6) is -0.930. The molecule has 0 aromatic carbocycles. The summed E-state index contributed by atoms with van der Waals surface area (Å²) in [5.41, 5.74) is 0. The highest BCUT2D eigenvalue weighted by Gasteiger charge is 2.14. The number of aliphatic carboxylic acids is 1. The average Bonchev–Trinajstić information content (AvgIpc) is 2.55. The van der Waals surface area contributed by atoms with Crippen LogP contribution in [-0.2, 0) is 9.59 Å². The van der Waals surface area contributed by atoms with Crippen LogP contribution in [-0.4, -0.2) is 50.1 Å². The van der Waals surface area contributed by atoms with Crippen LogP contribution in [0.3, 0.4) is 0 Å². The summed E-state index contributed by atoms with van der Waals surface area (Å²) in [4.78, 5) is 22.4. The fourth-order valence-electron chi connectivity index (χ4n) is 2.89. The molecule has 0 spiro atoms. The van der Waals surface area contributed by atoms with Gasteiger partial charge >= 0.3 is 0 Å². The molecule has 0 aliphatic carbocycles. The molecule has 5 heteroatoms. The Morgan fingerprint density at radius 3 is 2.19 bits per heavy atom. The number of rotatable bonds is 17. The van der Waals surface area contributed by atoms with Gasteiger partial charge < -0.3 is 19.7 Å². The van der Waals surface area contributed by atoms with E-state index >= 15 is 0 Å². The molecule has 0 bridgehead atoms. The number of nitrogens with one attached hydrogen (secondary N) is 1. The molecule has 0 heterocycles. The number of hydrogen-bond donors (Lipinski definition) is 1. The number of carboxylic acids is 1. The fourth-order valence-corrected chi connectivity index (χ4v) is 2.89. The molecule has 0 saturated carbocycles. The molecule has 1 N–H and O–H groups in total. The van der Waals surface area contributed by atoms with Crippen LogP contribution in [0.4, 0.5) is 0 Å². The maximum Gasteiger partial charge on any atom is 0.219 e. The first-order valence-electron chi connectivity index (χ1n) is 10.3. The third kappa shape index (κ3) is 17.5. The molecule has 0 aromatic rings. The maximum absolute atomic E-state index is 11.8. The molecule has 0 unspecified atom stereocenters. The molecule has 0 aliphatic rings. The minimum Gasteiger partial charge on any atom is -0.544 e. The Bertz CT molecular complexity index is 406. The largest absolute Gasteiger partial charge is 0.544 e. The smallest absolute Gasteiger partial charge is 0.219 e. The lowest BCUT2D eigenvalue weighted by Crippen LogP contribution is -2.49. The van der Waals surface area contributed by atoms with Gasteiger partial charge in [-0.1, -0.05) is 51.2 Å². The predicted molar refractivity (Wildman–Crippen MR) is 105 cm³/mol. The van der Waals surface area contributed by atoms with E-state index in [0.29, 0.717) is 24.0 Å². The second-order valence-electron chi connectivity index (χ2n) is 7.81. The lowest BCUT2D eigenvalue weighted by molar-refractivity contribution is -0.884. The van der Waals surface area contributed by atoms with Gasteiger partial charge in [0.15, 0.2) is 0 Å². The number of unbranched alkanes of at least 4 members (excludes halogenated alkanes) is 7. The number of nitrogens with zero attached hydrogens (tertiary/aromatic N) is 1. The predicted octanol–water partition coefficient (Wildman–Crippen LogP) is 2.80. The fraction of sp³-hybridized carbons (Fsp3) is 0.810. The molecule has 0 rings (SSSR count). The maximum atomic E-state index is 11.8. The SMILES string of the molecule is CCCC/C=C/CCCCCCCC(=O)NCCC[N+](C)(C)CC(=O)[O-]. The standard InChI is InChI=1S/C21H40N2O3/c1-4-5-6-7-8-9-10-11-12-13-14-16-20(24)22-17-15-18-23(2,3)19-21(25)26/h7-8H,4-6,9-19H2,1-3H3,(H-,22,24,25,26)/b8-7+. The van der Waals surface area contributed by atoms with Gasteiger partial charge in [-0.3, -0.25) is 4.79 Å². The highest BCUT2D eigenvalue weighted by atomic mass is 16.4. The van der Waals surface area contributed by atoms with Crippen LogP contribution in [0.25, 0.3) is 0 Å². The van der Waals surface area contributed by atoms with Gasteiger partial charge in [0.05, 0.1) is 26.6 Å². The van der Waals surface area contributed by atoms with Crippen molar-refractivity contribution in [3.8, 4) is 0 Å². The molecule has 0 radical (unpaired) electrons. The van der Waals surface area contributed by atoms with E-state index in [1.165, 1.54) is 44.9 Å². The van der Waals surface area contributed by atoms with Crippen molar-refractivity contribution in [2.45, 2.75) is 77.6 Å². The van der Waals surface area contributed by atoms with E-state index in [9.17, 15) is 14.7 Å². The van der Waals surface area contributed by atoms with Gasteiger partial charge in [-0.25, -0.2) is 0 Å². The lowest BCUT2D eigenvalue weighted by atomic mass is 10.1. The topological polar surface area (TPSA) is 69.2 Å². The highest BCUT2D eigenvalue weighted by molar-refractivity contribution is 5.75. The molecule has 0 saturated heterocycles. The zero-order valence-electron chi connectivity index (χ0n) is 17.2. The van der Waals surface area contributed by atoms with E-state index in [0.717, 1.165) is 19.3 Å². The van der Waals surface area contributed by atoms with Crippen molar-refractivity contribution in [3.05, 3.63) is 12.2 Å². The summed E-state index contributed by atoms with van der Waals surface area (Å²) in [6.07, 6.45) is 16.6. The zero-order valence-corrected chi connectivity index (χ0v) is 17.2. The molecule has 0 aliphatic heterocycles. The third-order valence-corrected chi connectivity index (χ3v) is 4.49. The Hall–Kier alpha value is -1.36. The van der Waals surface area contributed by atoms with Crippen molar-refractivity contribution >= 4 is 11.9 Å². The number of carboxylic acid groups (broad SMARTS) is 1. The van der Waals surface area contributed by atoms with Gasteiger partial charge in [0, 0.05) is 19.4 Å². The Morgan fingerprint density at radius 2 is 1.54 bits per heavy atom. The molecule has 0 atom stereocenters. The number of quaternary nitrogens is 1. The second kappa shape index (κ2) is 15.9. The Balaban J connectivity index is 3.44. The van der Waals surface area contributed by atoms with Crippen molar-refractivity contribution in [2.75, 3.05) is 33.7 Å². The molecular formula is C21H40N2O3. The van der Waals surface area contributed by atoms with E-state index in [4.69, 9.17) is 0 Å². The molecule has 152 valence electrons. The van der Waals surface area contributed by atoms with E-state index in [1.54, 1.807) is 0 Å². The van der Waals surface area contributed by atoms with Crippen LogP contribution < -0.4 is 10.4 Å².